The molecular formula is C22H25N5O2. The van der Waals surface area contributed by atoms with Crippen LogP contribution in [0.5, 0.6) is 0 Å². The van der Waals surface area contributed by atoms with E-state index in [2.05, 4.69) is 20.4 Å². The number of rotatable bonds is 6. The molecule has 0 radical (unpaired) electrons. The van der Waals surface area contributed by atoms with Gasteiger partial charge in [0.25, 0.3) is 0 Å². The van der Waals surface area contributed by atoms with Gasteiger partial charge in [0.2, 0.25) is 5.91 Å². The van der Waals surface area contributed by atoms with E-state index in [4.69, 9.17) is 0 Å². The van der Waals surface area contributed by atoms with Crippen LogP contribution < -0.4 is 5.32 Å². The standard InChI is InChI=1S/C22H25N5O2/c28-21(12-16-4-2-1-3-5-16)22(29)26-18-6-8-19(9-7-18)27-14-17(13-25-27)20-10-11-23-15-24-20/h1-5,10-11,13-15,18-19,21,28H,6-9,12H2,(H,26,29)/t18?,19?,21-/m0/s1. The molecular weight excluding hydrogens is 366 g/mol. The van der Waals surface area contributed by atoms with Crippen molar-refractivity contribution in [3.8, 4) is 11.3 Å². The van der Waals surface area contributed by atoms with Crippen molar-refractivity contribution < 1.29 is 9.90 Å². The maximum atomic E-state index is 12.3. The minimum atomic E-state index is -1.02. The fourth-order valence-electron chi connectivity index (χ4n) is 3.84. The highest BCUT2D eigenvalue weighted by Gasteiger charge is 2.26. The zero-order valence-electron chi connectivity index (χ0n) is 16.2. The molecule has 0 saturated heterocycles. The first-order chi connectivity index (χ1) is 14.2. The van der Waals surface area contributed by atoms with Crippen LogP contribution >= 0.6 is 0 Å². The maximum absolute atomic E-state index is 12.3. The van der Waals surface area contributed by atoms with E-state index in [1.54, 1.807) is 6.20 Å². The molecule has 1 fully saturated rings. The number of hydrogen-bond donors (Lipinski definition) is 2. The Labute approximate surface area is 169 Å². The normalized spacial score (nSPS) is 20.2. The molecule has 29 heavy (non-hydrogen) atoms. The van der Waals surface area contributed by atoms with Crippen LogP contribution in [0.3, 0.4) is 0 Å². The average molecular weight is 391 g/mol. The van der Waals surface area contributed by atoms with Crippen molar-refractivity contribution in [2.24, 2.45) is 0 Å². The summed E-state index contributed by atoms with van der Waals surface area (Å²) in [5.41, 5.74) is 2.79. The number of aromatic nitrogens is 4. The largest absolute Gasteiger partial charge is 0.383 e. The first kappa shape index (κ1) is 19.3. The highest BCUT2D eigenvalue weighted by atomic mass is 16.3. The lowest BCUT2D eigenvalue weighted by atomic mass is 9.91. The lowest BCUT2D eigenvalue weighted by Crippen LogP contribution is -2.43. The average Bonchev–Trinajstić information content (AvgIpc) is 3.26. The number of nitrogens with one attached hydrogen (secondary N) is 1. The van der Waals surface area contributed by atoms with Crippen LogP contribution in [0, 0.1) is 0 Å². The van der Waals surface area contributed by atoms with Gasteiger partial charge in [-0.3, -0.25) is 9.48 Å². The van der Waals surface area contributed by atoms with Crippen molar-refractivity contribution in [2.75, 3.05) is 0 Å². The number of aliphatic hydroxyl groups is 1. The first-order valence-electron chi connectivity index (χ1n) is 10.0. The van der Waals surface area contributed by atoms with Gasteiger partial charge in [-0.25, -0.2) is 9.97 Å². The number of nitrogens with zero attached hydrogens (tertiary/aromatic N) is 4. The third kappa shape index (κ3) is 4.86. The van der Waals surface area contributed by atoms with Gasteiger partial charge >= 0.3 is 0 Å². The Morgan fingerprint density at radius 2 is 1.97 bits per heavy atom. The van der Waals surface area contributed by atoms with E-state index in [0.717, 1.165) is 42.5 Å². The van der Waals surface area contributed by atoms with Crippen LogP contribution in [-0.4, -0.2) is 42.9 Å². The van der Waals surface area contributed by atoms with Crippen molar-refractivity contribution in [1.29, 1.82) is 0 Å². The summed E-state index contributed by atoms with van der Waals surface area (Å²) < 4.78 is 2.00. The zero-order chi connectivity index (χ0) is 20.1. The Hall–Kier alpha value is -3.06. The summed E-state index contributed by atoms with van der Waals surface area (Å²) in [6.45, 7) is 0. The minimum absolute atomic E-state index is 0.0982. The number of carbonyl (C=O) groups excluding carboxylic acids is 1. The number of benzene rings is 1. The Balaban J connectivity index is 1.27. The second kappa shape index (κ2) is 8.96. The SMILES string of the molecule is O=C(NC1CCC(n2cc(-c3ccncn3)cn2)CC1)[C@@H](O)Cc1ccccc1. The van der Waals surface area contributed by atoms with Crippen LogP contribution in [0.15, 0.2) is 61.3 Å². The smallest absolute Gasteiger partial charge is 0.249 e. The van der Waals surface area contributed by atoms with Crippen LogP contribution in [0.4, 0.5) is 0 Å². The van der Waals surface area contributed by atoms with E-state index in [0.29, 0.717) is 12.5 Å². The molecule has 1 atom stereocenters. The zero-order valence-corrected chi connectivity index (χ0v) is 16.2. The molecule has 2 N–H and O–H groups in total. The van der Waals surface area contributed by atoms with Crippen LogP contribution in [0.2, 0.25) is 0 Å². The molecule has 150 valence electrons. The molecule has 3 aromatic rings. The fourth-order valence-corrected chi connectivity index (χ4v) is 3.84. The Morgan fingerprint density at radius 1 is 1.17 bits per heavy atom. The summed E-state index contributed by atoms with van der Waals surface area (Å²) >= 11 is 0. The molecule has 0 aliphatic heterocycles. The van der Waals surface area contributed by atoms with E-state index in [-0.39, 0.29) is 11.9 Å². The van der Waals surface area contributed by atoms with Crippen molar-refractivity contribution in [2.45, 2.75) is 50.3 Å². The van der Waals surface area contributed by atoms with E-state index < -0.39 is 6.10 Å². The predicted octanol–water partition coefficient (Wildman–Crippen LogP) is 2.54. The van der Waals surface area contributed by atoms with Gasteiger partial charge in [0, 0.05) is 30.4 Å². The van der Waals surface area contributed by atoms with Gasteiger partial charge in [0.05, 0.1) is 17.9 Å². The van der Waals surface area contributed by atoms with E-state index in [1.165, 1.54) is 6.33 Å². The Bertz CT molecular complexity index is 921. The molecule has 1 aromatic carbocycles. The number of carbonyl (C=O) groups is 1. The summed E-state index contributed by atoms with van der Waals surface area (Å²) in [6.07, 6.45) is 10.0. The molecule has 1 amide bonds. The lowest BCUT2D eigenvalue weighted by molar-refractivity contribution is -0.130. The third-order valence-corrected chi connectivity index (χ3v) is 5.47. The number of amides is 1. The quantitative estimate of drug-likeness (QED) is 0.674. The van der Waals surface area contributed by atoms with E-state index in [9.17, 15) is 9.90 Å². The summed E-state index contributed by atoms with van der Waals surface area (Å²) in [7, 11) is 0. The first-order valence-corrected chi connectivity index (χ1v) is 10.0. The van der Waals surface area contributed by atoms with Gasteiger partial charge in [-0.2, -0.15) is 5.10 Å². The number of aliphatic hydroxyl groups excluding tert-OH is 1. The van der Waals surface area contributed by atoms with Gasteiger partial charge in [0.1, 0.15) is 12.4 Å². The summed E-state index contributed by atoms with van der Waals surface area (Å²) in [5, 5.41) is 17.7. The molecule has 2 heterocycles. The molecule has 0 unspecified atom stereocenters. The molecule has 1 aliphatic carbocycles. The molecule has 7 heteroatoms. The molecule has 2 aromatic heterocycles. The topological polar surface area (TPSA) is 92.9 Å². The molecule has 0 spiro atoms. The summed E-state index contributed by atoms with van der Waals surface area (Å²) in [5.74, 6) is -0.289. The second-order valence-corrected chi connectivity index (χ2v) is 7.52. The van der Waals surface area contributed by atoms with Gasteiger partial charge in [-0.1, -0.05) is 30.3 Å². The second-order valence-electron chi connectivity index (χ2n) is 7.52. The van der Waals surface area contributed by atoms with Crippen LogP contribution in [0.1, 0.15) is 37.3 Å². The van der Waals surface area contributed by atoms with Gasteiger partial charge in [0.15, 0.2) is 0 Å². The maximum Gasteiger partial charge on any atom is 0.249 e. The molecule has 4 rings (SSSR count). The summed E-state index contributed by atoms with van der Waals surface area (Å²) in [6, 6.07) is 11.9. The molecule has 0 bridgehead atoms. The van der Waals surface area contributed by atoms with E-state index >= 15 is 0 Å². The minimum Gasteiger partial charge on any atom is -0.383 e. The molecule has 1 aliphatic rings. The van der Waals surface area contributed by atoms with Crippen molar-refractivity contribution in [3.63, 3.8) is 0 Å². The predicted molar refractivity (Wildman–Crippen MR) is 109 cm³/mol. The lowest BCUT2D eigenvalue weighted by Gasteiger charge is -2.29. The van der Waals surface area contributed by atoms with Crippen molar-refractivity contribution >= 4 is 5.91 Å². The van der Waals surface area contributed by atoms with E-state index in [1.807, 2.05) is 53.5 Å². The molecule has 7 nitrogen and oxygen atoms in total. The van der Waals surface area contributed by atoms with Crippen LogP contribution in [0.25, 0.3) is 11.3 Å². The van der Waals surface area contributed by atoms with Crippen molar-refractivity contribution in [3.05, 3.63) is 66.9 Å². The van der Waals surface area contributed by atoms with Gasteiger partial charge < -0.3 is 10.4 Å². The molecule has 1 saturated carbocycles. The fraction of sp³-hybridized carbons (Fsp3) is 0.364. The van der Waals surface area contributed by atoms with Crippen molar-refractivity contribution in [1.82, 2.24) is 25.1 Å². The summed E-state index contributed by atoms with van der Waals surface area (Å²) in [4.78, 5) is 20.5. The highest BCUT2D eigenvalue weighted by Crippen LogP contribution is 2.29. The number of hydrogen-bond acceptors (Lipinski definition) is 5. The highest BCUT2D eigenvalue weighted by molar-refractivity contribution is 5.81. The third-order valence-electron chi connectivity index (χ3n) is 5.47. The monoisotopic (exact) mass is 391 g/mol. The van der Waals surface area contributed by atoms with Gasteiger partial charge in [-0.15, -0.1) is 0 Å². The Kier molecular flexibility index (Phi) is 5.95. The van der Waals surface area contributed by atoms with Crippen LogP contribution in [-0.2, 0) is 11.2 Å². The Morgan fingerprint density at radius 3 is 2.69 bits per heavy atom. The van der Waals surface area contributed by atoms with Gasteiger partial charge in [-0.05, 0) is 37.3 Å².